The van der Waals surface area contributed by atoms with Crippen LogP contribution in [0.2, 0.25) is 0 Å². The lowest BCUT2D eigenvalue weighted by Crippen LogP contribution is -2.09. The van der Waals surface area contributed by atoms with Gasteiger partial charge in [-0.1, -0.05) is 18.2 Å². The Morgan fingerprint density at radius 1 is 1.22 bits per heavy atom. The number of aromatic nitrogens is 1. The molecule has 0 bridgehead atoms. The molecule has 6 heteroatoms. The van der Waals surface area contributed by atoms with Crippen molar-refractivity contribution in [3.8, 4) is 5.75 Å². The maximum absolute atomic E-state index is 11.8. The van der Waals surface area contributed by atoms with Gasteiger partial charge in [0.1, 0.15) is 5.75 Å². The van der Waals surface area contributed by atoms with Crippen molar-refractivity contribution in [1.29, 1.82) is 0 Å². The first kappa shape index (κ1) is 16.6. The molecule has 1 aromatic heterocycles. The van der Waals surface area contributed by atoms with Gasteiger partial charge in [-0.25, -0.2) is 4.98 Å². The second kappa shape index (κ2) is 7.49. The third kappa shape index (κ3) is 4.12. The molecule has 0 aliphatic heterocycles. The topological polar surface area (TPSA) is 84.1 Å². The normalized spacial score (nSPS) is 10.9. The summed E-state index contributed by atoms with van der Waals surface area (Å²) < 4.78 is 4.97. The minimum absolute atomic E-state index is 0.0103. The van der Waals surface area contributed by atoms with Crippen LogP contribution in [0.3, 0.4) is 0 Å². The highest BCUT2D eigenvalue weighted by molar-refractivity contribution is 5.75. The van der Waals surface area contributed by atoms with E-state index in [0.717, 1.165) is 0 Å². The summed E-state index contributed by atoms with van der Waals surface area (Å²) in [6.45, 7) is 5.44. The number of benzene rings is 1. The highest BCUT2D eigenvalue weighted by Crippen LogP contribution is 2.31. The molecule has 1 N–H and O–H groups in total. The molecule has 1 heterocycles. The Morgan fingerprint density at radius 3 is 2.57 bits per heavy atom. The zero-order valence-electron chi connectivity index (χ0n) is 13.4. The largest absolute Gasteiger partial charge is 0.506 e. The minimum Gasteiger partial charge on any atom is -0.506 e. The Hall–Kier alpha value is -2.76. The van der Waals surface area contributed by atoms with Gasteiger partial charge in [-0.2, -0.15) is 0 Å². The van der Waals surface area contributed by atoms with Gasteiger partial charge in [-0.3, -0.25) is 4.79 Å². The van der Waals surface area contributed by atoms with Crippen LogP contribution >= 0.6 is 0 Å². The Labute approximate surface area is 134 Å². The second-order valence-corrected chi connectivity index (χ2v) is 4.99. The van der Waals surface area contributed by atoms with Crippen LogP contribution in [-0.2, 0) is 16.0 Å². The molecule has 0 amide bonds. The van der Waals surface area contributed by atoms with Crippen molar-refractivity contribution in [1.82, 2.24) is 4.98 Å². The standard InChI is InChI=1S/C17H19N3O3/c1-4-23-15(21)10-14-11(2)16(22)12(3)18-17(14)20-19-13-8-6-5-7-9-13/h5-9,22H,4,10H2,1-3H3/b20-19+. The Morgan fingerprint density at radius 2 is 1.91 bits per heavy atom. The first-order valence-corrected chi connectivity index (χ1v) is 7.34. The van der Waals surface area contributed by atoms with Crippen LogP contribution in [0.15, 0.2) is 40.6 Å². The molecule has 0 fully saturated rings. The molecule has 2 rings (SSSR count). The van der Waals surface area contributed by atoms with E-state index in [0.29, 0.717) is 34.9 Å². The second-order valence-electron chi connectivity index (χ2n) is 4.99. The van der Waals surface area contributed by atoms with Crippen LogP contribution in [0.1, 0.15) is 23.7 Å². The number of nitrogens with zero attached hydrogens (tertiary/aromatic N) is 3. The summed E-state index contributed by atoms with van der Waals surface area (Å²) in [6, 6.07) is 9.23. The zero-order valence-corrected chi connectivity index (χ0v) is 13.4. The van der Waals surface area contributed by atoms with Crippen molar-refractivity contribution in [3.05, 3.63) is 47.2 Å². The molecular weight excluding hydrogens is 294 g/mol. The average Bonchev–Trinajstić information content (AvgIpc) is 2.55. The van der Waals surface area contributed by atoms with Crippen LogP contribution in [-0.4, -0.2) is 22.7 Å². The van der Waals surface area contributed by atoms with Gasteiger partial charge in [0.25, 0.3) is 0 Å². The number of rotatable bonds is 5. The molecule has 6 nitrogen and oxygen atoms in total. The smallest absolute Gasteiger partial charge is 0.310 e. The van der Waals surface area contributed by atoms with Crippen molar-refractivity contribution in [3.63, 3.8) is 0 Å². The number of hydrogen-bond donors (Lipinski definition) is 1. The SMILES string of the molecule is CCOC(=O)Cc1c(/N=N/c2ccccc2)nc(C)c(O)c1C. The van der Waals surface area contributed by atoms with E-state index in [-0.39, 0.29) is 12.2 Å². The number of pyridine rings is 1. The number of ether oxygens (including phenoxy) is 1. The van der Waals surface area contributed by atoms with Gasteiger partial charge in [0, 0.05) is 11.1 Å². The maximum Gasteiger partial charge on any atom is 0.310 e. The van der Waals surface area contributed by atoms with E-state index in [2.05, 4.69) is 15.2 Å². The van der Waals surface area contributed by atoms with Gasteiger partial charge in [-0.05, 0) is 32.9 Å². The molecule has 0 aliphatic rings. The Balaban J connectivity index is 2.40. The quantitative estimate of drug-likeness (QED) is 0.669. The first-order valence-electron chi connectivity index (χ1n) is 7.34. The number of esters is 1. The Kier molecular flexibility index (Phi) is 5.41. The minimum atomic E-state index is -0.392. The third-order valence-electron chi connectivity index (χ3n) is 3.34. The number of aromatic hydroxyl groups is 1. The van der Waals surface area contributed by atoms with Crippen molar-refractivity contribution >= 4 is 17.5 Å². The highest BCUT2D eigenvalue weighted by Gasteiger charge is 2.17. The summed E-state index contributed by atoms with van der Waals surface area (Å²) in [5, 5.41) is 18.3. The number of carbonyl (C=O) groups is 1. The summed E-state index contributed by atoms with van der Waals surface area (Å²) in [4.78, 5) is 16.0. The van der Waals surface area contributed by atoms with Crippen LogP contribution in [0.25, 0.3) is 0 Å². The van der Waals surface area contributed by atoms with Gasteiger partial charge in [-0.15, -0.1) is 10.2 Å². The van der Waals surface area contributed by atoms with E-state index in [1.807, 2.05) is 30.3 Å². The van der Waals surface area contributed by atoms with Crippen LogP contribution in [0.4, 0.5) is 11.5 Å². The number of hydrogen-bond acceptors (Lipinski definition) is 6. The van der Waals surface area contributed by atoms with Crippen LogP contribution in [0, 0.1) is 13.8 Å². The van der Waals surface area contributed by atoms with Gasteiger partial charge >= 0.3 is 5.97 Å². The number of carbonyl (C=O) groups excluding carboxylic acids is 1. The molecule has 120 valence electrons. The van der Waals surface area contributed by atoms with E-state index in [1.165, 1.54) is 0 Å². The van der Waals surface area contributed by atoms with Gasteiger partial charge in [0.05, 0.1) is 24.4 Å². The van der Waals surface area contributed by atoms with Crippen molar-refractivity contribution in [2.24, 2.45) is 10.2 Å². The maximum atomic E-state index is 11.8. The fourth-order valence-corrected chi connectivity index (χ4v) is 2.11. The molecule has 0 aliphatic carbocycles. The zero-order chi connectivity index (χ0) is 16.8. The van der Waals surface area contributed by atoms with E-state index in [4.69, 9.17) is 4.74 Å². The van der Waals surface area contributed by atoms with Gasteiger partial charge in [0.15, 0.2) is 5.82 Å². The van der Waals surface area contributed by atoms with E-state index >= 15 is 0 Å². The van der Waals surface area contributed by atoms with Crippen molar-refractivity contribution in [2.45, 2.75) is 27.2 Å². The molecule has 0 spiro atoms. The fraction of sp³-hybridized carbons (Fsp3) is 0.294. The fourth-order valence-electron chi connectivity index (χ4n) is 2.11. The molecule has 2 aromatic rings. The lowest BCUT2D eigenvalue weighted by atomic mass is 10.1. The lowest BCUT2D eigenvalue weighted by Gasteiger charge is -2.11. The summed E-state index contributed by atoms with van der Waals surface area (Å²) in [6.07, 6.45) is -0.0103. The predicted molar refractivity (Wildman–Crippen MR) is 86.3 cm³/mol. The molecular formula is C17H19N3O3. The molecule has 0 radical (unpaired) electrons. The molecule has 0 saturated carbocycles. The molecule has 23 heavy (non-hydrogen) atoms. The van der Waals surface area contributed by atoms with Crippen molar-refractivity contribution in [2.75, 3.05) is 6.61 Å². The highest BCUT2D eigenvalue weighted by atomic mass is 16.5. The number of aryl methyl sites for hydroxylation is 1. The van der Waals surface area contributed by atoms with E-state index < -0.39 is 5.97 Å². The summed E-state index contributed by atoms with van der Waals surface area (Å²) in [5.41, 5.74) is 2.20. The van der Waals surface area contributed by atoms with Crippen molar-refractivity contribution < 1.29 is 14.6 Å². The van der Waals surface area contributed by atoms with E-state index in [1.54, 1.807) is 20.8 Å². The van der Waals surface area contributed by atoms with Crippen LogP contribution in [0.5, 0.6) is 5.75 Å². The molecule has 0 unspecified atom stereocenters. The average molecular weight is 313 g/mol. The first-order chi connectivity index (χ1) is 11.0. The molecule has 0 saturated heterocycles. The molecule has 0 atom stereocenters. The monoisotopic (exact) mass is 313 g/mol. The predicted octanol–water partition coefficient (Wildman–Crippen LogP) is 3.93. The summed E-state index contributed by atoms with van der Waals surface area (Å²) in [5.74, 6) is -0.0190. The summed E-state index contributed by atoms with van der Waals surface area (Å²) >= 11 is 0. The number of azo groups is 1. The van der Waals surface area contributed by atoms with Gasteiger partial charge < -0.3 is 9.84 Å². The lowest BCUT2D eigenvalue weighted by molar-refractivity contribution is -0.142. The van der Waals surface area contributed by atoms with E-state index in [9.17, 15) is 9.90 Å². The Bertz CT molecular complexity index is 728. The van der Waals surface area contributed by atoms with Gasteiger partial charge in [0.2, 0.25) is 0 Å². The third-order valence-corrected chi connectivity index (χ3v) is 3.34. The summed E-state index contributed by atoms with van der Waals surface area (Å²) in [7, 11) is 0. The van der Waals surface area contributed by atoms with Crippen LogP contribution < -0.4 is 0 Å². The molecule has 1 aromatic carbocycles.